The lowest BCUT2D eigenvalue weighted by atomic mass is 9.69. The van der Waals surface area contributed by atoms with Gasteiger partial charge in [-0.1, -0.05) is 52.4 Å². The third kappa shape index (κ3) is 6.50. The molecule has 0 amide bonds. The Hall–Kier alpha value is -1.05. The van der Waals surface area contributed by atoms with Gasteiger partial charge in [0.15, 0.2) is 0 Å². The number of ether oxygens (including phenoxy) is 1. The number of rotatable bonds is 9. The van der Waals surface area contributed by atoms with Crippen LogP contribution < -0.4 is 4.74 Å². The highest BCUT2D eigenvalue weighted by atomic mass is 16.5. The quantitative estimate of drug-likeness (QED) is 0.457. The molecule has 2 aliphatic carbocycles. The fraction of sp³-hybridized carbons (Fsp3) is 0.800. The van der Waals surface area contributed by atoms with E-state index in [2.05, 4.69) is 31.0 Å². The molecule has 152 valence electrons. The van der Waals surface area contributed by atoms with Crippen LogP contribution in [0, 0.1) is 23.7 Å². The van der Waals surface area contributed by atoms with Crippen molar-refractivity contribution in [1.82, 2.24) is 4.98 Å². The first kappa shape index (κ1) is 20.7. The Labute approximate surface area is 167 Å². The minimum absolute atomic E-state index is 0.748. The van der Waals surface area contributed by atoms with Gasteiger partial charge in [-0.3, -0.25) is 4.98 Å². The summed E-state index contributed by atoms with van der Waals surface area (Å²) in [7, 11) is 0. The van der Waals surface area contributed by atoms with Crippen LogP contribution in [-0.4, -0.2) is 11.6 Å². The van der Waals surface area contributed by atoms with Crippen LogP contribution in [0.4, 0.5) is 0 Å². The second-order valence-electron chi connectivity index (χ2n) is 9.25. The summed E-state index contributed by atoms with van der Waals surface area (Å²) in [5, 5.41) is 0. The minimum atomic E-state index is 0.748. The molecule has 1 aromatic heterocycles. The van der Waals surface area contributed by atoms with Crippen LogP contribution in [0.5, 0.6) is 5.75 Å². The molecule has 0 aromatic carbocycles. The maximum atomic E-state index is 6.05. The van der Waals surface area contributed by atoms with Gasteiger partial charge in [0.2, 0.25) is 0 Å². The zero-order valence-corrected chi connectivity index (χ0v) is 17.8. The average molecular weight is 372 g/mol. The van der Waals surface area contributed by atoms with Crippen molar-refractivity contribution in [2.45, 2.75) is 97.3 Å². The molecule has 0 radical (unpaired) electrons. The zero-order chi connectivity index (χ0) is 18.9. The molecule has 2 aliphatic rings. The van der Waals surface area contributed by atoms with E-state index in [9.17, 15) is 0 Å². The molecule has 0 bridgehead atoms. The van der Waals surface area contributed by atoms with Gasteiger partial charge in [-0.2, -0.15) is 0 Å². The average Bonchev–Trinajstić information content (AvgIpc) is 2.73. The van der Waals surface area contributed by atoms with Crippen molar-refractivity contribution in [1.29, 1.82) is 0 Å². The van der Waals surface area contributed by atoms with Gasteiger partial charge >= 0.3 is 0 Å². The molecule has 2 saturated carbocycles. The number of aryl methyl sites for hydroxylation is 1. The largest absolute Gasteiger partial charge is 0.492 e. The van der Waals surface area contributed by atoms with Crippen LogP contribution in [0.25, 0.3) is 0 Å². The van der Waals surface area contributed by atoms with Crippen molar-refractivity contribution >= 4 is 0 Å². The third-order valence-corrected chi connectivity index (χ3v) is 7.20. The number of unbranched alkanes of at least 4 members (excludes halogenated alkanes) is 1. The van der Waals surface area contributed by atoms with Crippen LogP contribution in [-0.2, 0) is 6.42 Å². The number of aromatic nitrogens is 1. The summed E-state index contributed by atoms with van der Waals surface area (Å²) in [5.74, 6) is 4.77. The first-order valence-electron chi connectivity index (χ1n) is 11.9. The predicted molar refractivity (Wildman–Crippen MR) is 114 cm³/mol. The van der Waals surface area contributed by atoms with Gasteiger partial charge in [0.05, 0.1) is 12.8 Å². The smallest absolute Gasteiger partial charge is 0.137 e. The van der Waals surface area contributed by atoms with Gasteiger partial charge < -0.3 is 4.74 Å². The highest BCUT2D eigenvalue weighted by Gasteiger charge is 2.30. The maximum absolute atomic E-state index is 6.05. The Balaban J connectivity index is 1.33. The minimum Gasteiger partial charge on any atom is -0.492 e. The Morgan fingerprint density at radius 1 is 0.852 bits per heavy atom. The van der Waals surface area contributed by atoms with Crippen molar-refractivity contribution in [2.24, 2.45) is 23.7 Å². The number of pyridine rings is 1. The summed E-state index contributed by atoms with van der Waals surface area (Å²) in [4.78, 5) is 4.51. The molecule has 0 N–H and O–H groups in total. The standard InChI is InChI=1S/C25H41NO/c1-3-5-7-20-8-12-22(13-9-20)23-14-10-21(11-15-23)19-27-25-17-16-24(6-4-2)26-18-25/h16-18,20-23H,3-15,19H2,1-2H3. The maximum Gasteiger partial charge on any atom is 0.137 e. The second-order valence-corrected chi connectivity index (χ2v) is 9.25. The van der Waals surface area contributed by atoms with Crippen LogP contribution in [0.15, 0.2) is 18.3 Å². The summed E-state index contributed by atoms with van der Waals surface area (Å²) in [6.07, 6.45) is 20.1. The van der Waals surface area contributed by atoms with Crippen LogP contribution in [0.2, 0.25) is 0 Å². The fourth-order valence-electron chi connectivity index (χ4n) is 5.38. The molecule has 0 aliphatic heterocycles. The zero-order valence-electron chi connectivity index (χ0n) is 17.8. The molecule has 1 aromatic rings. The summed E-state index contributed by atoms with van der Waals surface area (Å²) in [6.45, 7) is 5.40. The molecule has 2 nitrogen and oxygen atoms in total. The SMILES string of the molecule is CCCCC1CCC(C2CCC(COc3ccc(CCC)nc3)CC2)CC1. The van der Waals surface area contributed by atoms with E-state index in [1.165, 1.54) is 76.3 Å². The van der Waals surface area contributed by atoms with Crippen molar-refractivity contribution < 1.29 is 4.74 Å². The van der Waals surface area contributed by atoms with Crippen molar-refractivity contribution in [3.63, 3.8) is 0 Å². The van der Waals surface area contributed by atoms with E-state index in [0.29, 0.717) is 0 Å². The molecular weight excluding hydrogens is 330 g/mol. The van der Waals surface area contributed by atoms with Gasteiger partial charge in [0, 0.05) is 5.69 Å². The lowest BCUT2D eigenvalue weighted by Gasteiger charge is -2.37. The van der Waals surface area contributed by atoms with Crippen LogP contribution in [0.1, 0.15) is 96.6 Å². The van der Waals surface area contributed by atoms with Crippen molar-refractivity contribution in [3.8, 4) is 5.75 Å². The fourth-order valence-corrected chi connectivity index (χ4v) is 5.38. The van der Waals surface area contributed by atoms with Crippen molar-refractivity contribution in [3.05, 3.63) is 24.0 Å². The van der Waals surface area contributed by atoms with E-state index in [1.807, 2.05) is 6.20 Å². The molecule has 3 rings (SSSR count). The van der Waals surface area contributed by atoms with E-state index in [4.69, 9.17) is 4.74 Å². The van der Waals surface area contributed by atoms with Crippen LogP contribution in [0.3, 0.4) is 0 Å². The first-order chi connectivity index (χ1) is 13.3. The van der Waals surface area contributed by atoms with E-state index >= 15 is 0 Å². The Bertz CT molecular complexity index is 510. The van der Waals surface area contributed by atoms with Crippen LogP contribution >= 0.6 is 0 Å². The van der Waals surface area contributed by atoms with E-state index < -0.39 is 0 Å². The summed E-state index contributed by atoms with van der Waals surface area (Å²) in [5.41, 5.74) is 1.18. The first-order valence-corrected chi connectivity index (χ1v) is 11.9. The number of hydrogen-bond donors (Lipinski definition) is 0. The lowest BCUT2D eigenvalue weighted by Crippen LogP contribution is -2.27. The molecule has 2 fully saturated rings. The summed E-state index contributed by atoms with van der Waals surface area (Å²) >= 11 is 0. The molecule has 0 saturated heterocycles. The molecule has 0 unspecified atom stereocenters. The van der Waals surface area contributed by atoms with Gasteiger partial charge in [0.1, 0.15) is 5.75 Å². The normalized spacial score (nSPS) is 28.8. The molecule has 0 spiro atoms. The van der Waals surface area contributed by atoms with Gasteiger partial charge in [0.25, 0.3) is 0 Å². The van der Waals surface area contributed by atoms with Crippen molar-refractivity contribution in [2.75, 3.05) is 6.61 Å². The van der Waals surface area contributed by atoms with E-state index in [-0.39, 0.29) is 0 Å². The molecule has 0 atom stereocenters. The Morgan fingerprint density at radius 3 is 2.07 bits per heavy atom. The van der Waals surface area contributed by atoms with Gasteiger partial charge in [-0.05, 0) is 80.8 Å². The highest BCUT2D eigenvalue weighted by molar-refractivity contribution is 5.19. The Kier molecular flexibility index (Phi) is 8.48. The number of hydrogen-bond acceptors (Lipinski definition) is 2. The van der Waals surface area contributed by atoms with E-state index in [0.717, 1.165) is 48.9 Å². The summed E-state index contributed by atoms with van der Waals surface area (Å²) < 4.78 is 6.05. The molecular formula is C25H41NO. The predicted octanol–water partition coefficient (Wildman–Crippen LogP) is 7.22. The monoisotopic (exact) mass is 371 g/mol. The lowest BCUT2D eigenvalue weighted by molar-refractivity contribution is 0.121. The summed E-state index contributed by atoms with van der Waals surface area (Å²) in [6, 6.07) is 4.22. The molecule has 2 heteroatoms. The second kappa shape index (κ2) is 11.1. The molecule has 1 heterocycles. The number of nitrogens with zero attached hydrogens (tertiary/aromatic N) is 1. The Morgan fingerprint density at radius 2 is 1.52 bits per heavy atom. The topological polar surface area (TPSA) is 22.1 Å². The molecule has 27 heavy (non-hydrogen) atoms. The highest BCUT2D eigenvalue weighted by Crippen LogP contribution is 2.42. The van der Waals surface area contributed by atoms with E-state index in [1.54, 1.807) is 0 Å². The van der Waals surface area contributed by atoms with Gasteiger partial charge in [-0.15, -0.1) is 0 Å². The third-order valence-electron chi connectivity index (χ3n) is 7.20. The van der Waals surface area contributed by atoms with Gasteiger partial charge in [-0.25, -0.2) is 0 Å².